The number of nitrogens with zero attached hydrogens (tertiary/aromatic N) is 1. The van der Waals surface area contributed by atoms with Crippen molar-refractivity contribution < 1.29 is 13.9 Å². The van der Waals surface area contributed by atoms with Crippen molar-refractivity contribution in [3.63, 3.8) is 0 Å². The molecule has 19 heavy (non-hydrogen) atoms. The number of nitrogens with two attached hydrogens (primary N) is 1. The van der Waals surface area contributed by atoms with Crippen LogP contribution in [0.2, 0.25) is 0 Å². The zero-order valence-corrected chi connectivity index (χ0v) is 13.1. The van der Waals surface area contributed by atoms with Crippen LogP contribution < -0.4 is 5.73 Å². The van der Waals surface area contributed by atoms with Gasteiger partial charge in [0.25, 0.3) is 6.43 Å². The van der Waals surface area contributed by atoms with Crippen molar-refractivity contribution >= 4 is 27.3 Å². The highest BCUT2D eigenvalue weighted by Crippen LogP contribution is 2.33. The fraction of sp³-hybridized carbons (Fsp3) is 0.667. The molecule has 0 bridgehead atoms. The second-order valence-corrected chi connectivity index (χ2v) is 6.76. The van der Waals surface area contributed by atoms with Crippen LogP contribution in [0.5, 0.6) is 0 Å². The summed E-state index contributed by atoms with van der Waals surface area (Å²) >= 11 is 4.86. The molecule has 0 aliphatic carbocycles. The minimum absolute atomic E-state index is 0.161. The summed E-state index contributed by atoms with van der Waals surface area (Å²) in [5.74, 6) is 0. The van der Waals surface area contributed by atoms with Gasteiger partial charge in [-0.05, 0) is 34.5 Å². The van der Waals surface area contributed by atoms with Crippen LogP contribution in [0.1, 0.15) is 24.3 Å². The molecular weight excluding hydrogens is 338 g/mol. The number of hydrogen-bond acceptors (Lipinski definition) is 4. The predicted molar refractivity (Wildman–Crippen MR) is 77.7 cm³/mol. The van der Waals surface area contributed by atoms with Crippen LogP contribution in [0.15, 0.2) is 15.9 Å². The molecule has 0 saturated carbocycles. The molecule has 0 aromatic carbocycles. The molecule has 7 heteroatoms. The van der Waals surface area contributed by atoms with E-state index in [1.807, 2.05) is 19.1 Å². The lowest BCUT2D eigenvalue weighted by Gasteiger charge is -2.34. The minimum atomic E-state index is -2.44. The summed E-state index contributed by atoms with van der Waals surface area (Å²) in [5, 5.41) is 9.07. The van der Waals surface area contributed by atoms with Crippen molar-refractivity contribution in [1.82, 2.24) is 4.90 Å². The van der Waals surface area contributed by atoms with Crippen molar-refractivity contribution in [3.05, 3.63) is 20.8 Å². The Hall–Kier alpha value is -0.0800. The molecule has 0 fully saturated rings. The first kappa shape index (κ1) is 17.0. The van der Waals surface area contributed by atoms with Gasteiger partial charge in [0.1, 0.15) is 0 Å². The van der Waals surface area contributed by atoms with E-state index in [9.17, 15) is 8.78 Å². The Balaban J connectivity index is 2.98. The Labute approximate surface area is 124 Å². The lowest BCUT2D eigenvalue weighted by atomic mass is 10.0. The second-order valence-electron chi connectivity index (χ2n) is 4.27. The van der Waals surface area contributed by atoms with E-state index in [0.717, 1.165) is 8.66 Å². The van der Waals surface area contributed by atoms with Crippen LogP contribution in [0.4, 0.5) is 8.78 Å². The van der Waals surface area contributed by atoms with Gasteiger partial charge >= 0.3 is 0 Å². The van der Waals surface area contributed by atoms with Crippen molar-refractivity contribution in [2.24, 2.45) is 5.73 Å². The Morgan fingerprint density at radius 3 is 2.58 bits per heavy atom. The minimum Gasteiger partial charge on any atom is -0.395 e. The maximum Gasteiger partial charge on any atom is 0.251 e. The van der Waals surface area contributed by atoms with E-state index < -0.39 is 6.43 Å². The number of alkyl halides is 2. The van der Waals surface area contributed by atoms with E-state index in [-0.39, 0.29) is 31.8 Å². The monoisotopic (exact) mass is 356 g/mol. The molecule has 3 nitrogen and oxygen atoms in total. The highest BCUT2D eigenvalue weighted by molar-refractivity contribution is 9.11. The fourth-order valence-electron chi connectivity index (χ4n) is 2.02. The summed E-state index contributed by atoms with van der Waals surface area (Å²) in [6, 6.07) is 3.25. The zero-order chi connectivity index (χ0) is 14.4. The maximum absolute atomic E-state index is 12.7. The second kappa shape index (κ2) is 8.26. The lowest BCUT2D eigenvalue weighted by Crippen LogP contribution is -2.43. The van der Waals surface area contributed by atoms with Gasteiger partial charge < -0.3 is 10.8 Å². The van der Waals surface area contributed by atoms with Gasteiger partial charge in [-0.3, -0.25) is 4.90 Å². The molecule has 0 aliphatic heterocycles. The molecule has 110 valence electrons. The summed E-state index contributed by atoms with van der Waals surface area (Å²) in [7, 11) is 0. The summed E-state index contributed by atoms with van der Waals surface area (Å²) < 4.78 is 26.3. The van der Waals surface area contributed by atoms with E-state index in [1.54, 1.807) is 4.90 Å². The van der Waals surface area contributed by atoms with Crippen LogP contribution in [-0.4, -0.2) is 42.2 Å². The van der Waals surface area contributed by atoms with E-state index >= 15 is 0 Å². The number of halogens is 3. The summed E-state index contributed by atoms with van der Waals surface area (Å²) in [6.45, 7) is 1.58. The van der Waals surface area contributed by atoms with Gasteiger partial charge in [-0.25, -0.2) is 8.78 Å². The molecule has 1 aromatic rings. The van der Waals surface area contributed by atoms with E-state index in [1.165, 1.54) is 11.3 Å². The van der Waals surface area contributed by atoms with Crippen molar-refractivity contribution in [2.45, 2.75) is 31.9 Å². The van der Waals surface area contributed by atoms with Crippen LogP contribution >= 0.6 is 27.3 Å². The van der Waals surface area contributed by atoms with Crippen molar-refractivity contribution in [2.75, 3.05) is 19.7 Å². The zero-order valence-electron chi connectivity index (χ0n) is 10.7. The molecule has 2 unspecified atom stereocenters. The van der Waals surface area contributed by atoms with Gasteiger partial charge in [0.15, 0.2) is 0 Å². The molecule has 0 aliphatic rings. The molecule has 1 aromatic heterocycles. The van der Waals surface area contributed by atoms with Crippen LogP contribution in [0.25, 0.3) is 0 Å². The van der Waals surface area contributed by atoms with Gasteiger partial charge in [-0.1, -0.05) is 6.92 Å². The number of rotatable bonds is 8. The fourth-order valence-corrected chi connectivity index (χ4v) is 3.66. The van der Waals surface area contributed by atoms with Crippen molar-refractivity contribution in [1.29, 1.82) is 0 Å². The smallest absolute Gasteiger partial charge is 0.251 e. The van der Waals surface area contributed by atoms with Gasteiger partial charge in [-0.15, -0.1) is 11.3 Å². The molecule has 2 atom stereocenters. The van der Waals surface area contributed by atoms with E-state index in [0.29, 0.717) is 6.42 Å². The van der Waals surface area contributed by atoms with E-state index in [4.69, 9.17) is 10.8 Å². The molecule has 1 heterocycles. The lowest BCUT2D eigenvalue weighted by molar-refractivity contribution is 0.0476. The predicted octanol–water partition coefficient (Wildman–Crippen LogP) is 2.85. The third-order valence-electron chi connectivity index (χ3n) is 2.92. The standard InChI is InChI=1S/C12H19BrF2N2OS/c1-2-8(16)12(9-3-4-10(13)19-9)17(5-6-18)7-11(14)15/h3-4,8,11-12,18H,2,5-7,16H2,1H3. The van der Waals surface area contributed by atoms with Crippen LogP contribution in [0.3, 0.4) is 0 Å². The molecule has 3 N–H and O–H groups in total. The molecule has 0 amide bonds. The third kappa shape index (κ3) is 5.07. The largest absolute Gasteiger partial charge is 0.395 e. The Bertz CT molecular complexity index is 378. The van der Waals surface area contributed by atoms with Crippen LogP contribution in [-0.2, 0) is 0 Å². The summed E-state index contributed by atoms with van der Waals surface area (Å²) in [4.78, 5) is 2.51. The molecule has 0 spiro atoms. The summed E-state index contributed by atoms with van der Waals surface area (Å²) in [6.07, 6.45) is -1.76. The first-order chi connectivity index (χ1) is 8.99. The van der Waals surface area contributed by atoms with Gasteiger partial charge in [0.2, 0.25) is 0 Å². The Morgan fingerprint density at radius 1 is 1.47 bits per heavy atom. The third-order valence-corrected chi connectivity index (χ3v) is 4.61. The molecule has 0 saturated heterocycles. The van der Waals surface area contributed by atoms with Crippen LogP contribution in [0, 0.1) is 0 Å². The SMILES string of the molecule is CCC(N)C(c1ccc(Br)s1)N(CCO)CC(F)F. The number of thiophene rings is 1. The quantitative estimate of drug-likeness (QED) is 0.752. The topological polar surface area (TPSA) is 49.5 Å². The first-order valence-corrected chi connectivity index (χ1v) is 7.74. The van der Waals surface area contributed by atoms with Crippen molar-refractivity contribution in [3.8, 4) is 0 Å². The highest BCUT2D eigenvalue weighted by Gasteiger charge is 2.28. The highest BCUT2D eigenvalue weighted by atomic mass is 79.9. The molecule has 0 radical (unpaired) electrons. The normalized spacial score (nSPS) is 15.2. The van der Waals surface area contributed by atoms with Gasteiger partial charge in [0.05, 0.1) is 23.0 Å². The Morgan fingerprint density at radius 2 is 2.16 bits per heavy atom. The van der Waals surface area contributed by atoms with Gasteiger partial charge in [-0.2, -0.15) is 0 Å². The number of aliphatic hydroxyl groups excluding tert-OH is 1. The number of hydrogen-bond donors (Lipinski definition) is 2. The molecule has 1 rings (SSSR count). The summed E-state index contributed by atoms with van der Waals surface area (Å²) in [5.41, 5.74) is 6.09. The van der Waals surface area contributed by atoms with Gasteiger partial charge in [0, 0.05) is 17.5 Å². The first-order valence-electron chi connectivity index (χ1n) is 6.13. The Kier molecular flexibility index (Phi) is 7.38. The van der Waals surface area contributed by atoms with E-state index in [2.05, 4.69) is 15.9 Å². The number of aliphatic hydroxyl groups is 1. The molecular formula is C12H19BrF2N2OS. The average molecular weight is 357 g/mol. The maximum atomic E-state index is 12.7. The average Bonchev–Trinajstić information content (AvgIpc) is 2.75.